The van der Waals surface area contributed by atoms with Crippen LogP contribution in [0.5, 0.6) is 0 Å². The van der Waals surface area contributed by atoms with E-state index in [9.17, 15) is 0 Å². The first kappa shape index (κ1) is 40.1. The molecule has 1 aliphatic heterocycles. The highest BCUT2D eigenvalue weighted by molar-refractivity contribution is 7.92. The highest BCUT2D eigenvalue weighted by atomic mass is 32.2. The molecule has 314 valence electrons. The summed E-state index contributed by atoms with van der Waals surface area (Å²) < 4.78 is 30.3. The van der Waals surface area contributed by atoms with Crippen LogP contribution in [0.4, 0.5) is 34.1 Å². The van der Waals surface area contributed by atoms with E-state index in [1.165, 1.54) is 22.3 Å². The van der Waals surface area contributed by atoms with E-state index in [1.54, 1.807) is 0 Å². The molecule has 11 rings (SSSR count). The lowest BCUT2D eigenvalue weighted by atomic mass is 9.88. The molecule has 0 N–H and O–H groups in total. The number of rotatable bonds is 8. The zero-order valence-corrected chi connectivity index (χ0v) is 37.6. The van der Waals surface area contributed by atoms with E-state index in [0.29, 0.717) is 9.79 Å². The second-order valence-corrected chi connectivity index (χ2v) is 19.2. The summed E-state index contributed by atoms with van der Waals surface area (Å²) in [7, 11) is -3.93. The summed E-state index contributed by atoms with van der Waals surface area (Å²) in [5.74, 6) is 0. The monoisotopic (exact) mass is 858 g/mol. The van der Waals surface area contributed by atoms with Crippen molar-refractivity contribution in [1.82, 2.24) is 0 Å². The van der Waals surface area contributed by atoms with Gasteiger partial charge in [0, 0.05) is 45.3 Å². The summed E-state index contributed by atoms with van der Waals surface area (Å²) in [6, 6.07) is 71.5. The van der Waals surface area contributed by atoms with E-state index in [4.69, 9.17) is 0 Å². The molecule has 0 radical (unpaired) electrons. The van der Waals surface area contributed by atoms with Gasteiger partial charge in [-0.05, 0) is 156 Å². The number of hydrogen-bond donors (Lipinski definition) is 0. The molecule has 0 saturated heterocycles. The van der Waals surface area contributed by atoms with Crippen molar-refractivity contribution in [2.24, 2.45) is 0 Å². The number of benzene rings is 10. The zero-order valence-electron chi connectivity index (χ0n) is 36.7. The molecule has 0 atom stereocenters. The van der Waals surface area contributed by atoms with Crippen LogP contribution in [0.3, 0.4) is 0 Å². The number of nitrogens with zero attached hydrogens (tertiary/aromatic N) is 2. The molecule has 0 aromatic heterocycles. The van der Waals surface area contributed by atoms with Crippen LogP contribution >= 0.6 is 0 Å². The number of anilines is 6. The Morgan fingerprint density at radius 1 is 0.308 bits per heavy atom. The SMILES string of the molecule is Cc1ccc(N(c2ccc(C)cc2)c2ccc(-c3cc4c(c5ccccc35)-c3c(cc(-c5ccc(N(c6ccc(C)cc6)c6ccc(C)cc6)cc5)c5ccccc35)S4(=O)=O)cc2)cc1. The summed E-state index contributed by atoms with van der Waals surface area (Å²) in [6.07, 6.45) is 0. The maximum Gasteiger partial charge on any atom is 0.207 e. The molecule has 65 heavy (non-hydrogen) atoms. The first-order valence-corrected chi connectivity index (χ1v) is 23.6. The minimum atomic E-state index is -3.93. The van der Waals surface area contributed by atoms with E-state index in [1.807, 2.05) is 36.4 Å². The molecule has 0 spiro atoms. The van der Waals surface area contributed by atoms with Gasteiger partial charge in [-0.25, -0.2) is 8.42 Å². The van der Waals surface area contributed by atoms with Crippen molar-refractivity contribution in [2.75, 3.05) is 9.80 Å². The van der Waals surface area contributed by atoms with Gasteiger partial charge >= 0.3 is 0 Å². The third-order valence-corrected chi connectivity index (χ3v) is 14.7. The zero-order chi connectivity index (χ0) is 44.4. The second-order valence-electron chi connectivity index (χ2n) is 17.3. The molecule has 0 aliphatic carbocycles. The number of aryl methyl sites for hydroxylation is 4. The second kappa shape index (κ2) is 15.8. The maximum atomic E-state index is 15.1. The Kier molecular flexibility index (Phi) is 9.75. The van der Waals surface area contributed by atoms with E-state index in [-0.39, 0.29) is 0 Å². The van der Waals surface area contributed by atoms with E-state index >= 15 is 8.42 Å². The van der Waals surface area contributed by atoms with Gasteiger partial charge in [0.15, 0.2) is 0 Å². The molecule has 0 saturated carbocycles. The fourth-order valence-corrected chi connectivity index (χ4v) is 11.2. The maximum absolute atomic E-state index is 15.1. The first-order valence-electron chi connectivity index (χ1n) is 22.1. The standard InChI is InChI=1S/C60H46N2O2S/c1-39-13-25-45(26-14-39)61(46-27-15-40(2)16-28-46)49-33-21-43(22-34-49)55-37-57-59(53-11-7-5-9-51(53)55)60-54-12-8-6-10-52(54)56(38-58(60)65(57,63)64)44-23-35-50(36-24-44)62(47-29-17-41(3)18-30-47)48-31-19-42(4)20-32-48/h5-38H,1-4H3. The van der Waals surface area contributed by atoms with Gasteiger partial charge in [-0.1, -0.05) is 144 Å². The van der Waals surface area contributed by atoms with Crippen molar-refractivity contribution in [2.45, 2.75) is 37.5 Å². The molecule has 10 aromatic rings. The van der Waals surface area contributed by atoms with Crippen LogP contribution in [0, 0.1) is 27.7 Å². The van der Waals surface area contributed by atoms with Gasteiger partial charge < -0.3 is 9.80 Å². The first-order chi connectivity index (χ1) is 31.6. The molecule has 0 unspecified atom stereocenters. The van der Waals surface area contributed by atoms with Crippen molar-refractivity contribution < 1.29 is 8.42 Å². The van der Waals surface area contributed by atoms with Crippen molar-refractivity contribution in [3.8, 4) is 33.4 Å². The molecule has 10 aromatic carbocycles. The Bertz CT molecular complexity index is 3220. The summed E-state index contributed by atoms with van der Waals surface area (Å²) >= 11 is 0. The van der Waals surface area contributed by atoms with Gasteiger partial charge in [-0.15, -0.1) is 0 Å². The fourth-order valence-electron chi connectivity index (χ4n) is 9.49. The minimum absolute atomic E-state index is 0.343. The lowest BCUT2D eigenvalue weighted by molar-refractivity contribution is 0.599. The van der Waals surface area contributed by atoms with Gasteiger partial charge in [-0.3, -0.25) is 0 Å². The van der Waals surface area contributed by atoms with Gasteiger partial charge in [0.2, 0.25) is 9.84 Å². The molecule has 5 heteroatoms. The van der Waals surface area contributed by atoms with Crippen LogP contribution in [-0.4, -0.2) is 8.42 Å². The molecular formula is C60H46N2O2S. The predicted octanol–water partition coefficient (Wildman–Crippen LogP) is 16.3. The van der Waals surface area contributed by atoms with Gasteiger partial charge in [0.1, 0.15) is 0 Å². The molecule has 1 aliphatic rings. The van der Waals surface area contributed by atoms with Crippen molar-refractivity contribution in [3.63, 3.8) is 0 Å². The van der Waals surface area contributed by atoms with Gasteiger partial charge in [0.25, 0.3) is 0 Å². The number of sulfone groups is 1. The van der Waals surface area contributed by atoms with Crippen molar-refractivity contribution in [1.29, 1.82) is 0 Å². The molecular weight excluding hydrogens is 813 g/mol. The van der Waals surface area contributed by atoms with Crippen LogP contribution < -0.4 is 9.80 Å². The molecule has 4 nitrogen and oxygen atoms in total. The Hall–Kier alpha value is -7.73. The average Bonchev–Trinajstić information content (AvgIpc) is 3.57. The molecule has 1 heterocycles. The highest BCUT2D eigenvalue weighted by Crippen LogP contribution is 2.54. The smallest absolute Gasteiger partial charge is 0.207 e. The lowest BCUT2D eigenvalue weighted by Crippen LogP contribution is -2.09. The molecule has 0 fully saturated rings. The third kappa shape index (κ3) is 6.96. The summed E-state index contributed by atoms with van der Waals surface area (Å²) in [5, 5.41) is 3.85. The predicted molar refractivity (Wildman–Crippen MR) is 272 cm³/mol. The van der Waals surface area contributed by atoms with Crippen molar-refractivity contribution in [3.05, 3.63) is 229 Å². The summed E-state index contributed by atoms with van der Waals surface area (Å²) in [6.45, 7) is 8.40. The van der Waals surface area contributed by atoms with Crippen LogP contribution in [0.1, 0.15) is 22.3 Å². The summed E-state index contributed by atoms with van der Waals surface area (Å²) in [5.41, 5.74) is 16.3. The number of hydrogen-bond acceptors (Lipinski definition) is 4. The largest absolute Gasteiger partial charge is 0.311 e. The van der Waals surface area contributed by atoms with Gasteiger partial charge in [-0.2, -0.15) is 0 Å². The Morgan fingerprint density at radius 3 is 0.831 bits per heavy atom. The van der Waals surface area contributed by atoms with Crippen molar-refractivity contribution >= 4 is 65.5 Å². The topological polar surface area (TPSA) is 40.6 Å². The number of fused-ring (bicyclic) bond motifs is 7. The highest BCUT2D eigenvalue weighted by Gasteiger charge is 2.37. The van der Waals surface area contributed by atoms with E-state index in [0.717, 1.165) is 89.0 Å². The van der Waals surface area contributed by atoms with Crippen LogP contribution in [0.2, 0.25) is 0 Å². The van der Waals surface area contributed by atoms with Crippen LogP contribution in [0.15, 0.2) is 216 Å². The Morgan fingerprint density at radius 2 is 0.554 bits per heavy atom. The van der Waals surface area contributed by atoms with E-state index in [2.05, 4.69) is 207 Å². The molecule has 0 bridgehead atoms. The third-order valence-electron chi connectivity index (χ3n) is 12.9. The normalized spacial score (nSPS) is 12.6. The fraction of sp³-hybridized carbons (Fsp3) is 0.0667. The summed E-state index contributed by atoms with van der Waals surface area (Å²) in [4.78, 5) is 5.20. The average molecular weight is 859 g/mol. The minimum Gasteiger partial charge on any atom is -0.311 e. The van der Waals surface area contributed by atoms with E-state index < -0.39 is 9.84 Å². The Balaban J connectivity index is 1.02. The Labute approximate surface area is 381 Å². The van der Waals surface area contributed by atoms with Crippen LogP contribution in [-0.2, 0) is 9.84 Å². The molecule has 0 amide bonds. The quantitative estimate of drug-likeness (QED) is 0.153. The van der Waals surface area contributed by atoms with Gasteiger partial charge in [0.05, 0.1) is 9.79 Å². The lowest BCUT2D eigenvalue weighted by Gasteiger charge is -2.26. The van der Waals surface area contributed by atoms with Crippen LogP contribution in [0.25, 0.3) is 54.9 Å².